The molecule has 2 N–H and O–H groups in total. The highest BCUT2D eigenvalue weighted by Gasteiger charge is 2.11. The van der Waals surface area contributed by atoms with Crippen molar-refractivity contribution in [3.05, 3.63) is 28.2 Å². The molecule has 16 heavy (non-hydrogen) atoms. The Hall–Kier alpha value is -1.36. The van der Waals surface area contributed by atoms with Crippen LogP contribution in [0.15, 0.2) is 22.7 Å². The van der Waals surface area contributed by atoms with Gasteiger partial charge in [0.05, 0.1) is 11.3 Å². The predicted octanol–water partition coefficient (Wildman–Crippen LogP) is 2.74. The second kappa shape index (κ2) is 5.12. The third-order valence-electron chi connectivity index (χ3n) is 2.00. The lowest BCUT2D eigenvalue weighted by molar-refractivity contribution is -0.118. The number of hydrogen-bond acceptors (Lipinski definition) is 2. The van der Waals surface area contributed by atoms with Gasteiger partial charge in [-0.1, -0.05) is 13.8 Å². The van der Waals surface area contributed by atoms with E-state index in [1.54, 1.807) is 19.9 Å². The number of rotatable bonds is 3. The van der Waals surface area contributed by atoms with Crippen LogP contribution in [0.4, 0.5) is 5.69 Å². The van der Waals surface area contributed by atoms with E-state index < -0.39 is 5.97 Å². The molecule has 1 amide bonds. The Balaban J connectivity index is 2.99. The third-order valence-corrected chi connectivity index (χ3v) is 2.69. The third kappa shape index (κ3) is 3.06. The Morgan fingerprint density at radius 2 is 2.00 bits per heavy atom. The molecule has 0 atom stereocenters. The molecule has 4 nitrogen and oxygen atoms in total. The van der Waals surface area contributed by atoms with Crippen LogP contribution in [-0.4, -0.2) is 17.0 Å². The summed E-state index contributed by atoms with van der Waals surface area (Å²) in [4.78, 5) is 22.2. The number of carboxylic acid groups (broad SMARTS) is 1. The molecule has 0 aliphatic heterocycles. The van der Waals surface area contributed by atoms with Crippen LogP contribution in [0, 0.1) is 5.92 Å². The zero-order valence-electron chi connectivity index (χ0n) is 8.95. The highest BCUT2D eigenvalue weighted by Crippen LogP contribution is 2.24. The molecule has 0 radical (unpaired) electrons. The molecule has 0 aromatic heterocycles. The molecule has 1 aromatic rings. The lowest BCUT2D eigenvalue weighted by Crippen LogP contribution is -2.18. The second-order valence-electron chi connectivity index (χ2n) is 3.64. The van der Waals surface area contributed by atoms with E-state index >= 15 is 0 Å². The summed E-state index contributed by atoms with van der Waals surface area (Å²) in [7, 11) is 0. The molecule has 0 heterocycles. The van der Waals surface area contributed by atoms with Crippen LogP contribution in [0.5, 0.6) is 0 Å². The molecular formula is C11H12BrNO3. The van der Waals surface area contributed by atoms with Gasteiger partial charge < -0.3 is 10.4 Å². The van der Waals surface area contributed by atoms with Gasteiger partial charge in [-0.2, -0.15) is 0 Å². The van der Waals surface area contributed by atoms with Crippen molar-refractivity contribution in [3.8, 4) is 0 Å². The van der Waals surface area contributed by atoms with E-state index in [0.29, 0.717) is 10.2 Å². The highest BCUT2D eigenvalue weighted by molar-refractivity contribution is 9.10. The van der Waals surface area contributed by atoms with Crippen molar-refractivity contribution in [3.63, 3.8) is 0 Å². The minimum atomic E-state index is -1.02. The number of hydrogen-bond donors (Lipinski definition) is 2. The van der Waals surface area contributed by atoms with E-state index in [-0.39, 0.29) is 17.4 Å². The van der Waals surface area contributed by atoms with Gasteiger partial charge in [-0.3, -0.25) is 4.79 Å². The van der Waals surface area contributed by atoms with Crippen molar-refractivity contribution in [2.45, 2.75) is 13.8 Å². The fourth-order valence-corrected chi connectivity index (χ4v) is 1.38. The summed E-state index contributed by atoms with van der Waals surface area (Å²) in [6, 6.07) is 4.49. The quantitative estimate of drug-likeness (QED) is 0.897. The van der Waals surface area contributed by atoms with Crippen LogP contribution in [0.25, 0.3) is 0 Å². The van der Waals surface area contributed by atoms with Crippen LogP contribution >= 0.6 is 15.9 Å². The molecule has 0 aliphatic rings. The topological polar surface area (TPSA) is 66.4 Å². The molecule has 1 rings (SSSR count). The Morgan fingerprint density at radius 3 is 2.50 bits per heavy atom. The molecule has 0 fully saturated rings. The highest BCUT2D eigenvalue weighted by atomic mass is 79.9. The van der Waals surface area contributed by atoms with Gasteiger partial charge in [0.1, 0.15) is 0 Å². The Kier molecular flexibility index (Phi) is 4.06. The molecule has 0 bridgehead atoms. The zero-order chi connectivity index (χ0) is 12.3. The van der Waals surface area contributed by atoms with Crippen LogP contribution in [0.1, 0.15) is 24.2 Å². The fourth-order valence-electron chi connectivity index (χ4n) is 1.03. The predicted molar refractivity (Wildman–Crippen MR) is 64.6 cm³/mol. The van der Waals surface area contributed by atoms with E-state index in [0.717, 1.165) is 0 Å². The first-order chi connectivity index (χ1) is 7.41. The van der Waals surface area contributed by atoms with Gasteiger partial charge in [0.15, 0.2) is 0 Å². The van der Waals surface area contributed by atoms with Crippen molar-refractivity contribution in [2.24, 2.45) is 5.92 Å². The maximum atomic E-state index is 11.5. The number of anilines is 1. The van der Waals surface area contributed by atoms with Crippen LogP contribution in [0.2, 0.25) is 0 Å². The van der Waals surface area contributed by atoms with Crippen molar-refractivity contribution >= 4 is 33.5 Å². The number of carbonyl (C=O) groups excluding carboxylic acids is 1. The van der Waals surface area contributed by atoms with Crippen LogP contribution in [0.3, 0.4) is 0 Å². The van der Waals surface area contributed by atoms with Crippen molar-refractivity contribution in [2.75, 3.05) is 5.32 Å². The van der Waals surface area contributed by atoms with Gasteiger partial charge in [-0.25, -0.2) is 4.79 Å². The number of nitrogens with one attached hydrogen (secondary N) is 1. The first-order valence-electron chi connectivity index (χ1n) is 4.75. The van der Waals surface area contributed by atoms with Gasteiger partial charge in [0.2, 0.25) is 5.91 Å². The minimum absolute atomic E-state index is 0.141. The summed E-state index contributed by atoms with van der Waals surface area (Å²) in [5, 5.41) is 11.5. The molecular weight excluding hydrogens is 274 g/mol. The Bertz CT molecular complexity index is 429. The summed E-state index contributed by atoms with van der Waals surface area (Å²) in [5.41, 5.74) is 0.612. The van der Waals surface area contributed by atoms with Crippen molar-refractivity contribution in [1.82, 2.24) is 0 Å². The molecule has 0 aliphatic carbocycles. The van der Waals surface area contributed by atoms with Gasteiger partial charge in [-0.05, 0) is 34.1 Å². The van der Waals surface area contributed by atoms with E-state index in [4.69, 9.17) is 5.11 Å². The summed E-state index contributed by atoms with van der Waals surface area (Å²) in [6.07, 6.45) is 0. The molecule has 86 valence electrons. The number of amides is 1. The van der Waals surface area contributed by atoms with Crippen molar-refractivity contribution in [1.29, 1.82) is 0 Å². The van der Waals surface area contributed by atoms with Gasteiger partial charge in [0, 0.05) is 10.4 Å². The van der Waals surface area contributed by atoms with Crippen molar-refractivity contribution < 1.29 is 14.7 Å². The van der Waals surface area contributed by atoms with E-state index in [2.05, 4.69) is 21.2 Å². The molecule has 1 aromatic carbocycles. The molecule has 0 spiro atoms. The van der Waals surface area contributed by atoms with E-state index in [9.17, 15) is 9.59 Å². The average molecular weight is 286 g/mol. The normalized spacial score (nSPS) is 10.2. The summed E-state index contributed by atoms with van der Waals surface area (Å²) < 4.78 is 0.659. The zero-order valence-corrected chi connectivity index (χ0v) is 10.5. The minimum Gasteiger partial charge on any atom is -0.478 e. The smallest absolute Gasteiger partial charge is 0.335 e. The fraction of sp³-hybridized carbons (Fsp3) is 0.273. The van der Waals surface area contributed by atoms with Gasteiger partial charge in [-0.15, -0.1) is 0 Å². The Labute approximate surface area is 102 Å². The molecule has 0 unspecified atom stereocenters. The molecule has 5 heteroatoms. The maximum Gasteiger partial charge on any atom is 0.335 e. The maximum absolute atomic E-state index is 11.5. The average Bonchev–Trinajstić information content (AvgIpc) is 2.20. The molecule has 0 saturated heterocycles. The number of aromatic carboxylic acids is 1. The van der Waals surface area contributed by atoms with E-state index in [1.807, 2.05) is 0 Å². The number of carbonyl (C=O) groups is 2. The standard InChI is InChI=1S/C11H12BrNO3/c1-6(2)10(14)13-9-5-7(11(15)16)3-4-8(9)12/h3-6H,1-2H3,(H,13,14)(H,15,16). The summed E-state index contributed by atoms with van der Waals surface area (Å²) >= 11 is 3.25. The van der Waals surface area contributed by atoms with Crippen LogP contribution in [-0.2, 0) is 4.79 Å². The molecule has 0 saturated carbocycles. The number of halogens is 1. The summed E-state index contributed by atoms with van der Waals surface area (Å²) in [6.45, 7) is 3.54. The number of carboxylic acids is 1. The van der Waals surface area contributed by atoms with Crippen LogP contribution < -0.4 is 5.32 Å². The van der Waals surface area contributed by atoms with Gasteiger partial charge in [0.25, 0.3) is 0 Å². The first kappa shape index (κ1) is 12.7. The van der Waals surface area contributed by atoms with Gasteiger partial charge >= 0.3 is 5.97 Å². The lowest BCUT2D eigenvalue weighted by atomic mass is 10.1. The summed E-state index contributed by atoms with van der Waals surface area (Å²) in [5.74, 6) is -1.32. The lowest BCUT2D eigenvalue weighted by Gasteiger charge is -2.10. The van der Waals surface area contributed by atoms with E-state index in [1.165, 1.54) is 12.1 Å². The Morgan fingerprint density at radius 1 is 1.38 bits per heavy atom. The second-order valence-corrected chi connectivity index (χ2v) is 4.50. The SMILES string of the molecule is CC(C)C(=O)Nc1cc(C(=O)O)ccc1Br. The monoisotopic (exact) mass is 285 g/mol. The largest absolute Gasteiger partial charge is 0.478 e. The number of benzene rings is 1. The first-order valence-corrected chi connectivity index (χ1v) is 5.55.